The standard InChI is InChI=1S/C19H23NO2/c21-17-9-2-4-11-19(17)22-18-10-3-1-7-15(18)12-13-16-8-5-6-14-20-16/h1-4,7,9-11,16,20-21H,5-6,8,12-14H2. The van der Waals surface area contributed by atoms with Crippen molar-refractivity contribution in [3.05, 3.63) is 54.1 Å². The van der Waals surface area contributed by atoms with Crippen molar-refractivity contribution in [2.75, 3.05) is 6.54 Å². The van der Waals surface area contributed by atoms with Crippen molar-refractivity contribution < 1.29 is 9.84 Å². The molecule has 1 fully saturated rings. The summed E-state index contributed by atoms with van der Waals surface area (Å²) in [6, 6.07) is 15.8. The molecule has 0 aliphatic carbocycles. The highest BCUT2D eigenvalue weighted by molar-refractivity contribution is 5.44. The Morgan fingerprint density at radius 3 is 2.55 bits per heavy atom. The summed E-state index contributed by atoms with van der Waals surface area (Å²) in [6.07, 6.45) is 6.00. The Morgan fingerprint density at radius 1 is 1.00 bits per heavy atom. The molecule has 1 heterocycles. The summed E-state index contributed by atoms with van der Waals surface area (Å²) < 4.78 is 5.91. The Hall–Kier alpha value is -2.00. The van der Waals surface area contributed by atoms with Gasteiger partial charge < -0.3 is 15.2 Å². The van der Waals surface area contributed by atoms with Gasteiger partial charge in [0.2, 0.25) is 0 Å². The number of rotatable bonds is 5. The van der Waals surface area contributed by atoms with Crippen molar-refractivity contribution in [1.29, 1.82) is 0 Å². The lowest BCUT2D eigenvalue weighted by Crippen LogP contribution is -2.34. The molecule has 1 saturated heterocycles. The average molecular weight is 297 g/mol. The second-order valence-corrected chi connectivity index (χ2v) is 5.86. The van der Waals surface area contributed by atoms with E-state index in [1.807, 2.05) is 24.3 Å². The Morgan fingerprint density at radius 2 is 1.77 bits per heavy atom. The van der Waals surface area contributed by atoms with Gasteiger partial charge in [0.05, 0.1) is 0 Å². The average Bonchev–Trinajstić information content (AvgIpc) is 2.57. The van der Waals surface area contributed by atoms with Gasteiger partial charge in [-0.15, -0.1) is 0 Å². The summed E-state index contributed by atoms with van der Waals surface area (Å²) in [6.45, 7) is 1.14. The van der Waals surface area contributed by atoms with Crippen molar-refractivity contribution in [2.24, 2.45) is 0 Å². The van der Waals surface area contributed by atoms with E-state index in [-0.39, 0.29) is 5.75 Å². The minimum absolute atomic E-state index is 0.172. The van der Waals surface area contributed by atoms with Crippen LogP contribution in [0.2, 0.25) is 0 Å². The Bertz CT molecular complexity index is 606. The smallest absolute Gasteiger partial charge is 0.169 e. The van der Waals surface area contributed by atoms with Crippen LogP contribution in [0.25, 0.3) is 0 Å². The van der Waals surface area contributed by atoms with E-state index in [1.54, 1.807) is 18.2 Å². The third kappa shape index (κ3) is 3.80. The lowest BCUT2D eigenvalue weighted by atomic mass is 9.97. The van der Waals surface area contributed by atoms with Gasteiger partial charge in [-0.1, -0.05) is 36.8 Å². The molecule has 1 atom stereocenters. The first-order valence-electron chi connectivity index (χ1n) is 8.10. The topological polar surface area (TPSA) is 41.5 Å². The number of phenols is 1. The fourth-order valence-electron chi connectivity index (χ4n) is 2.97. The van der Waals surface area contributed by atoms with Crippen LogP contribution in [0.15, 0.2) is 48.5 Å². The van der Waals surface area contributed by atoms with Crippen LogP contribution in [-0.4, -0.2) is 17.7 Å². The molecule has 2 N–H and O–H groups in total. The molecular formula is C19H23NO2. The summed E-state index contributed by atoms with van der Waals surface area (Å²) in [5.41, 5.74) is 1.19. The normalized spacial score (nSPS) is 18.1. The molecule has 3 heteroatoms. The van der Waals surface area contributed by atoms with Gasteiger partial charge >= 0.3 is 0 Å². The van der Waals surface area contributed by atoms with Crippen molar-refractivity contribution in [3.63, 3.8) is 0 Å². The van der Waals surface area contributed by atoms with Gasteiger partial charge in [-0.3, -0.25) is 0 Å². The largest absolute Gasteiger partial charge is 0.504 e. The van der Waals surface area contributed by atoms with Gasteiger partial charge in [0.15, 0.2) is 11.5 Å². The second-order valence-electron chi connectivity index (χ2n) is 5.86. The number of phenolic OH excluding ortho intramolecular Hbond substituents is 1. The number of aryl methyl sites for hydroxylation is 1. The van der Waals surface area contributed by atoms with Crippen molar-refractivity contribution in [1.82, 2.24) is 5.32 Å². The molecule has 1 aliphatic heterocycles. The second kappa shape index (κ2) is 7.32. The quantitative estimate of drug-likeness (QED) is 0.866. The predicted octanol–water partition coefficient (Wildman–Crippen LogP) is 4.26. The zero-order valence-corrected chi connectivity index (χ0v) is 12.8. The van der Waals surface area contributed by atoms with E-state index in [2.05, 4.69) is 11.4 Å². The van der Waals surface area contributed by atoms with E-state index in [1.165, 1.54) is 24.8 Å². The molecular weight excluding hydrogens is 274 g/mol. The van der Waals surface area contributed by atoms with Gasteiger partial charge in [-0.2, -0.15) is 0 Å². The van der Waals surface area contributed by atoms with Crippen molar-refractivity contribution in [3.8, 4) is 17.2 Å². The number of ether oxygens (including phenoxy) is 1. The number of benzene rings is 2. The van der Waals surface area contributed by atoms with Gasteiger partial charge in [0, 0.05) is 6.04 Å². The number of piperidine rings is 1. The highest BCUT2D eigenvalue weighted by atomic mass is 16.5. The predicted molar refractivity (Wildman–Crippen MR) is 88.6 cm³/mol. The minimum atomic E-state index is 0.172. The summed E-state index contributed by atoms with van der Waals surface area (Å²) >= 11 is 0. The molecule has 0 radical (unpaired) electrons. The SMILES string of the molecule is Oc1ccccc1Oc1ccccc1CCC1CCCCN1. The lowest BCUT2D eigenvalue weighted by Gasteiger charge is -2.23. The molecule has 22 heavy (non-hydrogen) atoms. The number of para-hydroxylation sites is 3. The van der Waals surface area contributed by atoms with Crippen LogP contribution in [0.1, 0.15) is 31.2 Å². The number of nitrogens with one attached hydrogen (secondary N) is 1. The van der Waals surface area contributed by atoms with E-state index < -0.39 is 0 Å². The molecule has 0 bridgehead atoms. The summed E-state index contributed by atoms with van der Waals surface area (Å²) in [5.74, 6) is 1.51. The fraction of sp³-hybridized carbons (Fsp3) is 0.368. The van der Waals surface area contributed by atoms with E-state index >= 15 is 0 Å². The molecule has 3 nitrogen and oxygen atoms in total. The molecule has 116 valence electrons. The number of hydrogen-bond donors (Lipinski definition) is 2. The highest BCUT2D eigenvalue weighted by Crippen LogP contribution is 2.32. The van der Waals surface area contributed by atoms with Crippen LogP contribution < -0.4 is 10.1 Å². The first-order chi connectivity index (χ1) is 10.8. The van der Waals surface area contributed by atoms with Crippen LogP contribution >= 0.6 is 0 Å². The summed E-state index contributed by atoms with van der Waals surface area (Å²) in [4.78, 5) is 0. The monoisotopic (exact) mass is 297 g/mol. The van der Waals surface area contributed by atoms with E-state index in [0.29, 0.717) is 11.8 Å². The first kappa shape index (κ1) is 14.9. The molecule has 0 saturated carbocycles. The Balaban J connectivity index is 1.68. The van der Waals surface area contributed by atoms with Gasteiger partial charge in [-0.25, -0.2) is 0 Å². The lowest BCUT2D eigenvalue weighted by molar-refractivity contribution is 0.379. The van der Waals surface area contributed by atoms with Gasteiger partial charge in [-0.05, 0) is 56.0 Å². The molecule has 2 aromatic rings. The van der Waals surface area contributed by atoms with Crippen LogP contribution in [0.4, 0.5) is 0 Å². The van der Waals surface area contributed by atoms with E-state index in [0.717, 1.165) is 25.1 Å². The van der Waals surface area contributed by atoms with Crippen LogP contribution in [0.5, 0.6) is 17.2 Å². The highest BCUT2D eigenvalue weighted by Gasteiger charge is 2.14. The Kier molecular flexibility index (Phi) is 4.96. The van der Waals surface area contributed by atoms with E-state index in [9.17, 15) is 5.11 Å². The molecule has 2 aromatic carbocycles. The van der Waals surface area contributed by atoms with Crippen LogP contribution in [0, 0.1) is 0 Å². The minimum Gasteiger partial charge on any atom is -0.504 e. The summed E-state index contributed by atoms with van der Waals surface area (Å²) in [7, 11) is 0. The zero-order valence-electron chi connectivity index (χ0n) is 12.8. The molecule has 0 spiro atoms. The third-order valence-electron chi connectivity index (χ3n) is 4.23. The zero-order chi connectivity index (χ0) is 15.2. The van der Waals surface area contributed by atoms with Gasteiger partial charge in [0.1, 0.15) is 5.75 Å². The number of aromatic hydroxyl groups is 1. The third-order valence-corrected chi connectivity index (χ3v) is 4.23. The molecule has 3 rings (SSSR count). The number of hydrogen-bond acceptors (Lipinski definition) is 3. The molecule has 0 amide bonds. The van der Waals surface area contributed by atoms with Gasteiger partial charge in [0.25, 0.3) is 0 Å². The maximum atomic E-state index is 9.86. The van der Waals surface area contributed by atoms with Crippen molar-refractivity contribution >= 4 is 0 Å². The fourth-order valence-corrected chi connectivity index (χ4v) is 2.97. The molecule has 0 aromatic heterocycles. The molecule has 1 aliphatic rings. The van der Waals surface area contributed by atoms with Crippen molar-refractivity contribution in [2.45, 2.75) is 38.1 Å². The van der Waals surface area contributed by atoms with Crippen LogP contribution in [-0.2, 0) is 6.42 Å². The van der Waals surface area contributed by atoms with Crippen LogP contribution in [0.3, 0.4) is 0 Å². The summed E-state index contributed by atoms with van der Waals surface area (Å²) in [5, 5.41) is 13.4. The Labute approximate surface area is 131 Å². The first-order valence-corrected chi connectivity index (χ1v) is 8.10. The maximum Gasteiger partial charge on any atom is 0.169 e. The maximum absolute atomic E-state index is 9.86. The van der Waals surface area contributed by atoms with E-state index in [4.69, 9.17) is 4.74 Å². The molecule has 1 unspecified atom stereocenters.